The van der Waals surface area contributed by atoms with E-state index < -0.39 is 0 Å². The average molecular weight is 444 g/mol. The standard InChI is InChI=1S/C27H25NO3S/c1-17(2)31-21-13-11-20(12-14-21)28-26(29)24(23-15-10-18(3)16-19(23)4)25(27(28)30)32-22-8-6-5-7-9-22/h5-17H,1-4H3. The first-order valence-corrected chi connectivity index (χ1v) is 11.4. The first-order chi connectivity index (χ1) is 15.3. The maximum atomic E-state index is 13.6. The molecule has 0 radical (unpaired) electrons. The van der Waals surface area contributed by atoms with E-state index in [0.29, 0.717) is 21.9 Å². The van der Waals surface area contributed by atoms with Crippen molar-refractivity contribution in [3.05, 3.63) is 94.4 Å². The third-order valence-corrected chi connectivity index (χ3v) is 6.21. The Hall–Kier alpha value is -3.31. The molecule has 5 heteroatoms. The van der Waals surface area contributed by atoms with Gasteiger partial charge in [0.2, 0.25) is 0 Å². The van der Waals surface area contributed by atoms with Gasteiger partial charge in [-0.1, -0.05) is 53.7 Å². The monoisotopic (exact) mass is 443 g/mol. The molecule has 1 aliphatic rings. The lowest BCUT2D eigenvalue weighted by atomic mass is 9.99. The van der Waals surface area contributed by atoms with Gasteiger partial charge in [0.05, 0.1) is 22.3 Å². The summed E-state index contributed by atoms with van der Waals surface area (Å²) in [5, 5.41) is 0. The number of benzene rings is 3. The summed E-state index contributed by atoms with van der Waals surface area (Å²) >= 11 is 1.33. The molecule has 0 aliphatic carbocycles. The molecule has 0 N–H and O–H groups in total. The molecule has 3 aromatic rings. The summed E-state index contributed by atoms with van der Waals surface area (Å²) in [6, 6.07) is 22.7. The summed E-state index contributed by atoms with van der Waals surface area (Å²) in [5.74, 6) is 0.0820. The summed E-state index contributed by atoms with van der Waals surface area (Å²) < 4.78 is 5.70. The highest BCUT2D eigenvalue weighted by Crippen LogP contribution is 2.42. The minimum atomic E-state index is -0.309. The molecule has 4 nitrogen and oxygen atoms in total. The second-order valence-electron chi connectivity index (χ2n) is 8.04. The Morgan fingerprint density at radius 2 is 1.53 bits per heavy atom. The molecule has 1 heterocycles. The number of amides is 2. The van der Waals surface area contributed by atoms with Crippen molar-refractivity contribution in [3.8, 4) is 5.75 Å². The number of nitrogens with zero attached hydrogens (tertiary/aromatic N) is 1. The molecule has 0 unspecified atom stereocenters. The molecule has 0 bridgehead atoms. The fourth-order valence-electron chi connectivity index (χ4n) is 3.72. The first kappa shape index (κ1) is 21.9. The van der Waals surface area contributed by atoms with Crippen LogP contribution in [-0.4, -0.2) is 17.9 Å². The van der Waals surface area contributed by atoms with Crippen molar-refractivity contribution in [3.63, 3.8) is 0 Å². The molecule has 3 aromatic carbocycles. The van der Waals surface area contributed by atoms with Crippen LogP contribution in [0.15, 0.2) is 82.6 Å². The van der Waals surface area contributed by atoms with Crippen molar-refractivity contribution < 1.29 is 14.3 Å². The average Bonchev–Trinajstić information content (AvgIpc) is 2.99. The third kappa shape index (κ3) is 4.34. The second kappa shape index (κ2) is 9.05. The topological polar surface area (TPSA) is 46.6 Å². The van der Waals surface area contributed by atoms with Crippen LogP contribution < -0.4 is 9.64 Å². The van der Waals surface area contributed by atoms with Gasteiger partial charge in [0.1, 0.15) is 5.75 Å². The number of hydrogen-bond acceptors (Lipinski definition) is 4. The van der Waals surface area contributed by atoms with Gasteiger partial charge in [0.15, 0.2) is 0 Å². The summed E-state index contributed by atoms with van der Waals surface area (Å²) in [4.78, 5) is 29.8. The van der Waals surface area contributed by atoms with E-state index in [9.17, 15) is 9.59 Å². The third-order valence-electron chi connectivity index (χ3n) is 5.12. The van der Waals surface area contributed by atoms with E-state index in [2.05, 4.69) is 0 Å². The Bertz CT molecular complexity index is 1200. The van der Waals surface area contributed by atoms with E-state index >= 15 is 0 Å². The van der Waals surface area contributed by atoms with Crippen LogP contribution in [0.2, 0.25) is 0 Å². The number of carbonyl (C=O) groups is 2. The van der Waals surface area contributed by atoms with E-state index in [1.807, 2.05) is 76.2 Å². The minimum Gasteiger partial charge on any atom is -0.491 e. The molecule has 0 saturated heterocycles. The smallest absolute Gasteiger partial charge is 0.272 e. The lowest BCUT2D eigenvalue weighted by Gasteiger charge is -2.17. The Morgan fingerprint density at radius 3 is 2.16 bits per heavy atom. The number of hydrogen-bond donors (Lipinski definition) is 0. The molecule has 0 atom stereocenters. The highest BCUT2D eigenvalue weighted by Gasteiger charge is 2.40. The molecule has 162 valence electrons. The van der Waals surface area contributed by atoms with E-state index in [1.54, 1.807) is 24.3 Å². The summed E-state index contributed by atoms with van der Waals surface area (Å²) in [5.41, 5.74) is 3.84. The highest BCUT2D eigenvalue weighted by atomic mass is 32.2. The number of carbonyl (C=O) groups excluding carboxylic acids is 2. The van der Waals surface area contributed by atoms with E-state index in [4.69, 9.17) is 4.74 Å². The maximum Gasteiger partial charge on any atom is 0.272 e. The van der Waals surface area contributed by atoms with E-state index in [0.717, 1.165) is 21.6 Å². The van der Waals surface area contributed by atoms with Crippen LogP contribution in [0.25, 0.3) is 5.57 Å². The van der Waals surface area contributed by atoms with Gasteiger partial charge >= 0.3 is 0 Å². The predicted octanol–water partition coefficient (Wildman–Crippen LogP) is 6.17. The SMILES string of the molecule is Cc1ccc(C2=C(Sc3ccccc3)C(=O)N(c3ccc(OC(C)C)cc3)C2=O)c(C)c1. The Kier molecular flexibility index (Phi) is 6.19. The zero-order valence-electron chi connectivity index (χ0n) is 18.6. The van der Waals surface area contributed by atoms with Gasteiger partial charge in [-0.3, -0.25) is 9.59 Å². The summed E-state index contributed by atoms with van der Waals surface area (Å²) in [6.45, 7) is 7.89. The molecule has 0 saturated carbocycles. The second-order valence-corrected chi connectivity index (χ2v) is 9.13. The van der Waals surface area contributed by atoms with Crippen molar-refractivity contribution in [2.75, 3.05) is 4.90 Å². The molecule has 1 aliphatic heterocycles. The first-order valence-electron chi connectivity index (χ1n) is 10.6. The molecule has 0 aromatic heterocycles. The van der Waals surface area contributed by atoms with Gasteiger partial charge in [-0.15, -0.1) is 0 Å². The van der Waals surface area contributed by atoms with Crippen LogP contribution in [0.1, 0.15) is 30.5 Å². The van der Waals surface area contributed by atoms with Crippen molar-refractivity contribution in [1.82, 2.24) is 0 Å². The Morgan fingerprint density at radius 1 is 0.844 bits per heavy atom. The lowest BCUT2D eigenvalue weighted by molar-refractivity contribution is -0.119. The quantitative estimate of drug-likeness (QED) is 0.428. The fourth-order valence-corrected chi connectivity index (χ4v) is 4.73. The zero-order chi connectivity index (χ0) is 22.8. The molecular weight excluding hydrogens is 418 g/mol. The van der Waals surface area contributed by atoms with Crippen LogP contribution in [0.4, 0.5) is 5.69 Å². The van der Waals surface area contributed by atoms with Gasteiger partial charge in [-0.25, -0.2) is 4.90 Å². The molecule has 0 fully saturated rings. The van der Waals surface area contributed by atoms with Gasteiger partial charge < -0.3 is 4.74 Å². The summed E-state index contributed by atoms with van der Waals surface area (Å²) in [6.07, 6.45) is 0.0440. The molecule has 32 heavy (non-hydrogen) atoms. The normalized spacial score (nSPS) is 14.0. The largest absolute Gasteiger partial charge is 0.491 e. The van der Waals surface area contributed by atoms with Crippen LogP contribution >= 0.6 is 11.8 Å². The van der Waals surface area contributed by atoms with Crippen LogP contribution in [-0.2, 0) is 9.59 Å². The minimum absolute atomic E-state index is 0.0440. The number of ether oxygens (including phenoxy) is 1. The molecule has 0 spiro atoms. The van der Waals surface area contributed by atoms with Crippen LogP contribution in [0.3, 0.4) is 0 Å². The summed E-state index contributed by atoms with van der Waals surface area (Å²) in [7, 11) is 0. The number of imide groups is 1. The maximum absolute atomic E-state index is 13.6. The van der Waals surface area contributed by atoms with Crippen molar-refractivity contribution in [2.24, 2.45) is 0 Å². The number of thioether (sulfide) groups is 1. The Labute approximate surface area is 192 Å². The van der Waals surface area contributed by atoms with E-state index in [1.165, 1.54) is 16.7 Å². The van der Waals surface area contributed by atoms with E-state index in [-0.39, 0.29) is 17.9 Å². The Balaban J connectivity index is 1.77. The van der Waals surface area contributed by atoms with Gasteiger partial charge in [-0.2, -0.15) is 0 Å². The van der Waals surface area contributed by atoms with Crippen LogP contribution in [0.5, 0.6) is 5.75 Å². The van der Waals surface area contributed by atoms with Crippen molar-refractivity contribution >= 4 is 34.8 Å². The molecular formula is C27H25NO3S. The van der Waals surface area contributed by atoms with Crippen molar-refractivity contribution in [1.29, 1.82) is 0 Å². The zero-order valence-corrected chi connectivity index (χ0v) is 19.4. The number of anilines is 1. The van der Waals surface area contributed by atoms with Gasteiger partial charge in [0, 0.05) is 4.90 Å². The van der Waals surface area contributed by atoms with Crippen LogP contribution in [0, 0.1) is 13.8 Å². The van der Waals surface area contributed by atoms with Crippen molar-refractivity contribution in [2.45, 2.75) is 38.7 Å². The molecule has 4 rings (SSSR count). The van der Waals surface area contributed by atoms with Gasteiger partial charge in [0.25, 0.3) is 11.8 Å². The predicted molar refractivity (Wildman–Crippen MR) is 130 cm³/mol. The highest BCUT2D eigenvalue weighted by molar-refractivity contribution is 8.04. The number of aryl methyl sites for hydroxylation is 2. The van der Waals surface area contributed by atoms with Gasteiger partial charge in [-0.05, 0) is 75.2 Å². The lowest BCUT2D eigenvalue weighted by Crippen LogP contribution is -2.31. The number of rotatable bonds is 6. The molecule has 2 amide bonds. The fraction of sp³-hybridized carbons (Fsp3) is 0.185.